The molecule has 0 amide bonds. The molecule has 2 atom stereocenters. The molecule has 0 aliphatic heterocycles. The summed E-state index contributed by atoms with van der Waals surface area (Å²) < 4.78 is 15.5. The van der Waals surface area contributed by atoms with Gasteiger partial charge in [0.25, 0.3) is 0 Å². The average Bonchev–Trinajstić information content (AvgIpc) is 2.51. The molecule has 0 fully saturated rings. The number of nitrogens with one attached hydrogen (secondary N) is 1. The van der Waals surface area contributed by atoms with Crippen LogP contribution in [0.4, 0.5) is 0 Å². The van der Waals surface area contributed by atoms with Crippen molar-refractivity contribution in [3.63, 3.8) is 0 Å². The van der Waals surface area contributed by atoms with E-state index in [9.17, 15) is 4.21 Å². The predicted octanol–water partition coefficient (Wildman–Crippen LogP) is 5.11. The Bertz CT molecular complexity index is 826. The topological polar surface area (TPSA) is 29.1 Å². The summed E-state index contributed by atoms with van der Waals surface area (Å²) in [6.45, 7) is 8.07. The highest BCUT2D eigenvalue weighted by Crippen LogP contribution is 2.33. The molecule has 120 valence electrons. The normalized spacial score (nSPS) is 15.0. The number of benzene rings is 3. The van der Waals surface area contributed by atoms with E-state index in [0.29, 0.717) is 0 Å². The summed E-state index contributed by atoms with van der Waals surface area (Å²) in [7, 11) is -1.10. The summed E-state index contributed by atoms with van der Waals surface area (Å²) in [5.74, 6) is 0. The fourth-order valence-corrected chi connectivity index (χ4v) is 3.70. The maximum atomic E-state index is 12.5. The molecule has 0 radical (unpaired) electrons. The van der Waals surface area contributed by atoms with Gasteiger partial charge < -0.3 is 0 Å². The van der Waals surface area contributed by atoms with E-state index in [0.717, 1.165) is 0 Å². The smallest absolute Gasteiger partial charge is 0.0975 e. The van der Waals surface area contributed by atoms with Crippen LogP contribution in [0, 0.1) is 0 Å². The first-order chi connectivity index (χ1) is 10.9. The second kappa shape index (κ2) is 6.06. The lowest BCUT2D eigenvalue weighted by atomic mass is 9.93. The van der Waals surface area contributed by atoms with Gasteiger partial charge >= 0.3 is 0 Å². The fourth-order valence-electron chi connectivity index (χ4n) is 2.91. The van der Waals surface area contributed by atoms with E-state index < -0.39 is 11.0 Å². The summed E-state index contributed by atoms with van der Waals surface area (Å²) >= 11 is 0. The molecule has 0 aliphatic rings. The Hall–Kier alpha value is -1.71. The first-order valence-electron chi connectivity index (χ1n) is 7.96. The van der Waals surface area contributed by atoms with Gasteiger partial charge in [0, 0.05) is 6.04 Å². The number of fused-ring (bicyclic) bond motifs is 2. The predicted molar refractivity (Wildman–Crippen MR) is 101 cm³/mol. The fraction of sp³-hybridized carbons (Fsp3) is 0.300. The van der Waals surface area contributed by atoms with E-state index in [1.807, 2.05) is 20.8 Å². The Morgan fingerprint density at radius 1 is 0.913 bits per heavy atom. The summed E-state index contributed by atoms with van der Waals surface area (Å²) in [4.78, 5) is 0. The van der Waals surface area contributed by atoms with Crippen molar-refractivity contribution in [3.8, 4) is 0 Å². The van der Waals surface area contributed by atoms with E-state index >= 15 is 0 Å². The number of hydrogen-bond acceptors (Lipinski definition) is 1. The molecule has 3 aromatic rings. The molecule has 3 aromatic carbocycles. The molecule has 0 heterocycles. The highest BCUT2D eigenvalue weighted by Gasteiger charge is 2.23. The lowest BCUT2D eigenvalue weighted by Crippen LogP contribution is -2.34. The molecule has 3 heteroatoms. The van der Waals surface area contributed by atoms with Crippen LogP contribution in [-0.4, -0.2) is 8.96 Å². The van der Waals surface area contributed by atoms with E-state index in [1.165, 1.54) is 27.1 Å². The molecule has 0 saturated carbocycles. The largest absolute Gasteiger partial charge is 0.242 e. The van der Waals surface area contributed by atoms with Gasteiger partial charge in [-0.1, -0.05) is 48.5 Å². The molecule has 0 aromatic heterocycles. The van der Waals surface area contributed by atoms with Gasteiger partial charge in [0.1, 0.15) is 0 Å². The van der Waals surface area contributed by atoms with Crippen molar-refractivity contribution in [2.45, 2.75) is 38.5 Å². The molecule has 0 spiro atoms. The van der Waals surface area contributed by atoms with Gasteiger partial charge in [-0.25, -0.2) is 8.93 Å². The SMILES string of the molecule is C[C@H](NS(=O)C(C)(C)C)c1c2ccccc2cc2ccccc12. The maximum absolute atomic E-state index is 12.5. The van der Waals surface area contributed by atoms with Crippen LogP contribution in [0.5, 0.6) is 0 Å². The van der Waals surface area contributed by atoms with Gasteiger partial charge in [0.15, 0.2) is 0 Å². The minimum atomic E-state index is -1.10. The Kier molecular flexibility index (Phi) is 4.26. The van der Waals surface area contributed by atoms with Crippen LogP contribution in [0.2, 0.25) is 0 Å². The third kappa shape index (κ3) is 3.17. The van der Waals surface area contributed by atoms with Crippen LogP contribution >= 0.6 is 0 Å². The number of hydrogen-bond donors (Lipinski definition) is 1. The van der Waals surface area contributed by atoms with Crippen molar-refractivity contribution >= 4 is 32.5 Å². The van der Waals surface area contributed by atoms with Gasteiger partial charge in [0.05, 0.1) is 15.7 Å². The van der Waals surface area contributed by atoms with Crippen LogP contribution < -0.4 is 4.72 Å². The molecule has 2 nitrogen and oxygen atoms in total. The maximum Gasteiger partial charge on any atom is 0.0975 e. The van der Waals surface area contributed by atoms with Crippen molar-refractivity contribution < 1.29 is 4.21 Å². The van der Waals surface area contributed by atoms with Gasteiger partial charge in [0.2, 0.25) is 0 Å². The molecular weight excluding hydrogens is 302 g/mol. The quantitative estimate of drug-likeness (QED) is 0.666. The lowest BCUT2D eigenvalue weighted by Gasteiger charge is -2.24. The van der Waals surface area contributed by atoms with Crippen molar-refractivity contribution in [1.82, 2.24) is 4.72 Å². The van der Waals surface area contributed by atoms with Crippen LogP contribution in [0.25, 0.3) is 21.5 Å². The summed E-state index contributed by atoms with van der Waals surface area (Å²) in [6, 6.07) is 19.1. The average molecular weight is 325 g/mol. The molecule has 23 heavy (non-hydrogen) atoms. The van der Waals surface area contributed by atoms with Crippen LogP contribution in [0.15, 0.2) is 54.6 Å². The molecule has 1 unspecified atom stereocenters. The highest BCUT2D eigenvalue weighted by atomic mass is 32.2. The van der Waals surface area contributed by atoms with Crippen LogP contribution in [0.1, 0.15) is 39.3 Å². The summed E-state index contributed by atoms with van der Waals surface area (Å²) in [5.41, 5.74) is 1.22. The first kappa shape index (κ1) is 16.2. The monoisotopic (exact) mass is 325 g/mol. The molecule has 3 rings (SSSR count). The minimum absolute atomic E-state index is 0.00561. The third-order valence-electron chi connectivity index (χ3n) is 4.09. The van der Waals surface area contributed by atoms with E-state index in [2.05, 4.69) is 66.2 Å². The second-order valence-corrected chi connectivity index (χ2v) is 8.95. The van der Waals surface area contributed by atoms with Crippen LogP contribution in [0.3, 0.4) is 0 Å². The summed E-state index contributed by atoms with van der Waals surface area (Å²) in [5, 5.41) is 4.88. The highest BCUT2D eigenvalue weighted by molar-refractivity contribution is 7.84. The Balaban J connectivity index is 2.18. The zero-order valence-electron chi connectivity index (χ0n) is 14.1. The van der Waals surface area contributed by atoms with E-state index in [4.69, 9.17) is 0 Å². The standard InChI is InChI=1S/C20H23NOS/c1-14(21-23(22)20(2,3)4)19-17-11-7-5-9-15(17)13-16-10-6-8-12-18(16)19/h5-14,21H,1-4H3/t14-,23?/m0/s1. The van der Waals surface area contributed by atoms with E-state index in [1.54, 1.807) is 0 Å². The van der Waals surface area contributed by atoms with Gasteiger partial charge in [-0.3, -0.25) is 0 Å². The molecule has 0 saturated heterocycles. The lowest BCUT2D eigenvalue weighted by molar-refractivity contribution is 0.618. The Morgan fingerprint density at radius 2 is 1.39 bits per heavy atom. The van der Waals surface area contributed by atoms with Gasteiger partial charge in [-0.2, -0.15) is 0 Å². The summed E-state index contributed by atoms with van der Waals surface area (Å²) in [6.07, 6.45) is 0. The van der Waals surface area contributed by atoms with Crippen molar-refractivity contribution in [3.05, 3.63) is 60.2 Å². The zero-order valence-corrected chi connectivity index (χ0v) is 14.9. The minimum Gasteiger partial charge on any atom is -0.242 e. The Labute approximate surface area is 140 Å². The molecular formula is C20H23NOS. The van der Waals surface area contributed by atoms with E-state index in [-0.39, 0.29) is 10.8 Å². The second-order valence-electron chi connectivity index (χ2n) is 6.95. The first-order valence-corrected chi connectivity index (χ1v) is 9.11. The van der Waals surface area contributed by atoms with Crippen molar-refractivity contribution in [2.75, 3.05) is 0 Å². The van der Waals surface area contributed by atoms with Gasteiger partial charge in [-0.05, 0) is 60.9 Å². The van der Waals surface area contributed by atoms with Gasteiger partial charge in [-0.15, -0.1) is 0 Å². The molecule has 1 N–H and O–H groups in total. The third-order valence-corrected chi connectivity index (χ3v) is 5.77. The molecule has 0 aliphatic carbocycles. The van der Waals surface area contributed by atoms with Crippen molar-refractivity contribution in [2.24, 2.45) is 0 Å². The Morgan fingerprint density at radius 3 is 1.87 bits per heavy atom. The molecule has 0 bridgehead atoms. The van der Waals surface area contributed by atoms with Crippen molar-refractivity contribution in [1.29, 1.82) is 0 Å². The zero-order chi connectivity index (χ0) is 16.6. The van der Waals surface area contributed by atoms with Crippen LogP contribution in [-0.2, 0) is 11.0 Å². The number of rotatable bonds is 3.